The van der Waals surface area contributed by atoms with Crippen LogP contribution in [0.5, 0.6) is 5.75 Å². The number of nitrogens with zero attached hydrogens (tertiary/aromatic N) is 3. The van der Waals surface area contributed by atoms with Crippen LogP contribution in [0.15, 0.2) is 23.3 Å². The van der Waals surface area contributed by atoms with Crippen LogP contribution in [0.4, 0.5) is 11.4 Å². The standard InChI is InChI=1S/C27H36ClN5O5/c1-15-10-32(11-16(2)38-15)22(34)12-33-14-27(3,4)37-13-21(33)26(35)31-24-23-18(8-19(28)25(24)36-5)17-6-7-29-9-20(17)30-23/h6-9,15-17,20-21,30H,10-14H2,1-5H3,(H,31,35)/t15-,16+,17?,20?,21-/m1/s1. The highest BCUT2D eigenvalue weighted by Crippen LogP contribution is 2.49. The quantitative estimate of drug-likeness (QED) is 0.586. The molecule has 4 heterocycles. The van der Waals surface area contributed by atoms with E-state index in [1.54, 1.807) is 6.20 Å². The molecule has 0 bridgehead atoms. The number of aliphatic imine (C=N–C) groups is 1. The summed E-state index contributed by atoms with van der Waals surface area (Å²) in [5.41, 5.74) is 1.69. The minimum absolute atomic E-state index is 0.0273. The summed E-state index contributed by atoms with van der Waals surface area (Å²) >= 11 is 6.60. The van der Waals surface area contributed by atoms with E-state index < -0.39 is 11.6 Å². The lowest BCUT2D eigenvalue weighted by molar-refractivity contribution is -0.156. The smallest absolute Gasteiger partial charge is 0.244 e. The van der Waals surface area contributed by atoms with Crippen molar-refractivity contribution in [1.82, 2.24) is 9.80 Å². The molecule has 0 saturated carbocycles. The zero-order chi connectivity index (χ0) is 27.2. The minimum atomic E-state index is -0.674. The van der Waals surface area contributed by atoms with Gasteiger partial charge in [-0.25, -0.2) is 0 Å². The van der Waals surface area contributed by atoms with Crippen molar-refractivity contribution in [2.45, 2.75) is 63.5 Å². The van der Waals surface area contributed by atoms with E-state index >= 15 is 0 Å². The summed E-state index contributed by atoms with van der Waals surface area (Å²) in [5, 5.41) is 6.92. The number of carbonyl (C=O) groups excluding carboxylic acids is 2. The predicted molar refractivity (Wildman–Crippen MR) is 146 cm³/mol. The third-order valence-corrected chi connectivity index (χ3v) is 7.75. The third kappa shape index (κ3) is 5.27. The van der Waals surface area contributed by atoms with Gasteiger partial charge in [-0.15, -0.1) is 0 Å². The Morgan fingerprint density at radius 2 is 2.03 bits per heavy atom. The molecular formula is C27H36ClN5O5. The van der Waals surface area contributed by atoms with Crippen LogP contribution in [-0.2, 0) is 19.1 Å². The molecule has 0 radical (unpaired) electrons. The molecule has 206 valence electrons. The molecule has 5 rings (SSSR count). The van der Waals surface area contributed by atoms with Gasteiger partial charge in [0.25, 0.3) is 0 Å². The van der Waals surface area contributed by atoms with E-state index in [0.717, 1.165) is 11.3 Å². The largest absolute Gasteiger partial charge is 0.493 e. The number of benzene rings is 1. The lowest BCUT2D eigenvalue weighted by Gasteiger charge is -2.44. The molecule has 0 spiro atoms. The summed E-state index contributed by atoms with van der Waals surface area (Å²) in [5.74, 6) is 0.107. The van der Waals surface area contributed by atoms with Gasteiger partial charge in [-0.2, -0.15) is 0 Å². The normalized spacial score (nSPS) is 29.8. The Bertz CT molecular complexity index is 1160. The first-order chi connectivity index (χ1) is 18.1. The number of halogens is 1. The van der Waals surface area contributed by atoms with E-state index in [-0.39, 0.29) is 49.1 Å². The average Bonchev–Trinajstić information content (AvgIpc) is 3.21. The number of amides is 2. The topological polar surface area (TPSA) is 105 Å². The summed E-state index contributed by atoms with van der Waals surface area (Å²) in [6.45, 7) is 9.62. The summed E-state index contributed by atoms with van der Waals surface area (Å²) in [6, 6.07) is 1.15. The Morgan fingerprint density at radius 1 is 1.29 bits per heavy atom. The van der Waals surface area contributed by atoms with Gasteiger partial charge in [-0.05, 0) is 39.3 Å². The van der Waals surface area contributed by atoms with Crippen LogP contribution in [0.3, 0.4) is 0 Å². The summed E-state index contributed by atoms with van der Waals surface area (Å²) in [6.07, 6.45) is 5.55. The molecule has 11 heteroatoms. The van der Waals surface area contributed by atoms with E-state index in [1.165, 1.54) is 7.11 Å². The summed E-state index contributed by atoms with van der Waals surface area (Å²) in [4.78, 5) is 35.1. The van der Waals surface area contributed by atoms with Crippen LogP contribution >= 0.6 is 11.6 Å². The minimum Gasteiger partial charge on any atom is -0.493 e. The molecule has 0 aliphatic carbocycles. The lowest BCUT2D eigenvalue weighted by atomic mass is 9.94. The highest BCUT2D eigenvalue weighted by atomic mass is 35.5. The lowest BCUT2D eigenvalue weighted by Crippen LogP contribution is -2.61. The number of hydrogen-bond acceptors (Lipinski definition) is 8. The number of rotatable bonds is 5. The van der Waals surface area contributed by atoms with E-state index in [2.05, 4.69) is 15.6 Å². The molecular weight excluding hydrogens is 510 g/mol. The van der Waals surface area contributed by atoms with Gasteiger partial charge in [-0.3, -0.25) is 19.5 Å². The van der Waals surface area contributed by atoms with Crippen LogP contribution in [0.25, 0.3) is 0 Å². The molecule has 10 nitrogen and oxygen atoms in total. The van der Waals surface area contributed by atoms with Crippen molar-refractivity contribution in [3.05, 3.63) is 28.9 Å². The second kappa shape index (κ2) is 10.5. The Kier molecular flexibility index (Phi) is 7.43. The fraction of sp³-hybridized carbons (Fsp3) is 0.593. The molecule has 38 heavy (non-hydrogen) atoms. The monoisotopic (exact) mass is 545 g/mol. The third-order valence-electron chi connectivity index (χ3n) is 7.47. The fourth-order valence-electron chi connectivity index (χ4n) is 5.80. The van der Waals surface area contributed by atoms with Crippen molar-refractivity contribution < 1.29 is 23.8 Å². The van der Waals surface area contributed by atoms with E-state index in [0.29, 0.717) is 36.1 Å². The highest BCUT2D eigenvalue weighted by Gasteiger charge is 2.41. The number of methoxy groups -OCH3 is 1. The first-order valence-electron chi connectivity index (χ1n) is 13.1. The number of anilines is 2. The first-order valence-corrected chi connectivity index (χ1v) is 13.4. The molecule has 1 aromatic rings. The van der Waals surface area contributed by atoms with E-state index in [4.69, 9.17) is 25.8 Å². The molecule has 5 atom stereocenters. The number of ether oxygens (including phenoxy) is 3. The SMILES string of the molecule is COc1c(Cl)cc2c(c1NC(=O)[C@H]1COC(C)(C)CN1CC(=O)N1C[C@@H](C)O[C@@H](C)C1)NC1C=NC=CC21. The van der Waals surface area contributed by atoms with Crippen molar-refractivity contribution in [3.63, 3.8) is 0 Å². The Labute approximate surface area is 228 Å². The van der Waals surface area contributed by atoms with Crippen LogP contribution in [0.2, 0.25) is 5.02 Å². The van der Waals surface area contributed by atoms with Gasteiger partial charge in [0.05, 0.1) is 54.8 Å². The maximum atomic E-state index is 13.8. The Morgan fingerprint density at radius 3 is 2.74 bits per heavy atom. The zero-order valence-corrected chi connectivity index (χ0v) is 23.2. The van der Waals surface area contributed by atoms with Crippen LogP contribution in [-0.4, -0.2) is 97.6 Å². The molecule has 2 unspecified atom stereocenters. The van der Waals surface area contributed by atoms with Crippen LogP contribution in [0.1, 0.15) is 39.2 Å². The van der Waals surface area contributed by atoms with Crippen LogP contribution in [0, 0.1) is 0 Å². The predicted octanol–water partition coefficient (Wildman–Crippen LogP) is 2.88. The van der Waals surface area contributed by atoms with Crippen LogP contribution < -0.4 is 15.4 Å². The molecule has 0 aromatic heterocycles. The number of fused-ring (bicyclic) bond motifs is 3. The van der Waals surface area contributed by atoms with Crippen molar-refractivity contribution in [2.75, 3.05) is 50.5 Å². The Balaban J connectivity index is 1.39. The van der Waals surface area contributed by atoms with Crippen molar-refractivity contribution >= 4 is 41.0 Å². The van der Waals surface area contributed by atoms with E-state index in [9.17, 15) is 9.59 Å². The molecule has 2 amide bonds. The van der Waals surface area contributed by atoms with Crippen molar-refractivity contribution in [1.29, 1.82) is 0 Å². The number of carbonyl (C=O) groups is 2. The van der Waals surface area contributed by atoms with Gasteiger partial charge in [0.2, 0.25) is 11.8 Å². The summed E-state index contributed by atoms with van der Waals surface area (Å²) < 4.78 is 17.4. The number of nitrogens with one attached hydrogen (secondary N) is 2. The van der Waals surface area contributed by atoms with Gasteiger partial charge in [0, 0.05) is 38.0 Å². The van der Waals surface area contributed by atoms with Gasteiger partial charge < -0.3 is 29.7 Å². The van der Waals surface area contributed by atoms with Gasteiger partial charge >= 0.3 is 0 Å². The van der Waals surface area contributed by atoms with Crippen molar-refractivity contribution in [2.24, 2.45) is 4.99 Å². The summed E-state index contributed by atoms with van der Waals surface area (Å²) in [7, 11) is 1.52. The maximum Gasteiger partial charge on any atom is 0.244 e. The Hall–Kier alpha value is -2.66. The van der Waals surface area contributed by atoms with Crippen molar-refractivity contribution in [3.8, 4) is 5.75 Å². The van der Waals surface area contributed by atoms with Gasteiger partial charge in [0.1, 0.15) is 11.7 Å². The average molecular weight is 546 g/mol. The molecule has 2 N–H and O–H groups in total. The highest BCUT2D eigenvalue weighted by molar-refractivity contribution is 6.33. The van der Waals surface area contributed by atoms with Gasteiger partial charge in [0.15, 0.2) is 5.75 Å². The van der Waals surface area contributed by atoms with E-state index in [1.807, 2.05) is 55.9 Å². The molecule has 1 aromatic carbocycles. The van der Waals surface area contributed by atoms with Gasteiger partial charge in [-0.1, -0.05) is 17.7 Å². The number of morpholine rings is 2. The maximum absolute atomic E-state index is 13.8. The fourth-order valence-corrected chi connectivity index (χ4v) is 6.09. The molecule has 2 fully saturated rings. The molecule has 4 aliphatic rings. The molecule has 4 aliphatic heterocycles. The number of hydrogen-bond donors (Lipinski definition) is 2. The molecule has 2 saturated heterocycles. The first kappa shape index (κ1) is 26.9. The second-order valence-electron chi connectivity index (χ2n) is 11.1. The zero-order valence-electron chi connectivity index (χ0n) is 22.5. The second-order valence-corrected chi connectivity index (χ2v) is 11.5.